The first-order valence-electron chi connectivity index (χ1n) is 7.00. The van der Waals surface area contributed by atoms with Gasteiger partial charge in [-0.15, -0.1) is 0 Å². The highest BCUT2D eigenvalue weighted by atomic mass is 79.9. The van der Waals surface area contributed by atoms with Crippen LogP contribution in [-0.4, -0.2) is 22.1 Å². The highest BCUT2D eigenvalue weighted by molar-refractivity contribution is 9.10. The number of methoxy groups -OCH3 is 1. The Balaban J connectivity index is 2.08. The summed E-state index contributed by atoms with van der Waals surface area (Å²) in [5, 5.41) is 0. The molecule has 1 aliphatic rings. The number of rotatable bonds is 3. The number of aromatic nitrogens is 3. The van der Waals surface area contributed by atoms with Crippen LogP contribution in [0, 0.1) is 0 Å². The van der Waals surface area contributed by atoms with Gasteiger partial charge in [-0.3, -0.25) is 4.79 Å². The predicted octanol–water partition coefficient (Wildman–Crippen LogP) is 3.26. The van der Waals surface area contributed by atoms with Crippen molar-refractivity contribution in [3.8, 4) is 17.4 Å². The Morgan fingerprint density at radius 3 is 2.76 bits per heavy atom. The van der Waals surface area contributed by atoms with E-state index in [1.54, 1.807) is 13.2 Å². The van der Waals surface area contributed by atoms with Crippen molar-refractivity contribution < 1.29 is 4.74 Å². The lowest BCUT2D eigenvalue weighted by molar-refractivity contribution is 0.398. The fourth-order valence-electron chi connectivity index (χ4n) is 2.73. The number of hydrogen-bond donors (Lipinski definition) is 1. The Hall–Kier alpha value is -1.69. The van der Waals surface area contributed by atoms with Gasteiger partial charge in [-0.05, 0) is 34.8 Å². The normalized spacial score (nSPS) is 15.3. The lowest BCUT2D eigenvalue weighted by atomic mass is 10.0. The van der Waals surface area contributed by atoms with Gasteiger partial charge >= 0.3 is 0 Å². The highest BCUT2D eigenvalue weighted by Crippen LogP contribution is 2.35. The SMILES string of the molecule is COc1cccc(-c2nc(C3CCCC3)c(Br)c(=O)[nH]2)n1. The van der Waals surface area contributed by atoms with Gasteiger partial charge in [-0.1, -0.05) is 18.9 Å². The smallest absolute Gasteiger partial charge is 0.265 e. The molecule has 2 heterocycles. The third-order valence-corrected chi connectivity index (χ3v) is 4.57. The number of nitrogens with zero attached hydrogens (tertiary/aromatic N) is 2. The van der Waals surface area contributed by atoms with Gasteiger partial charge in [0.15, 0.2) is 5.82 Å². The zero-order valence-corrected chi connectivity index (χ0v) is 13.3. The minimum Gasteiger partial charge on any atom is -0.481 e. The van der Waals surface area contributed by atoms with Crippen LogP contribution in [0.5, 0.6) is 5.88 Å². The van der Waals surface area contributed by atoms with E-state index < -0.39 is 0 Å². The molecule has 2 aromatic heterocycles. The minimum absolute atomic E-state index is 0.161. The first kappa shape index (κ1) is 14.3. The Morgan fingerprint density at radius 1 is 1.29 bits per heavy atom. The molecule has 2 aromatic rings. The zero-order chi connectivity index (χ0) is 14.8. The summed E-state index contributed by atoms with van der Waals surface area (Å²) in [6.45, 7) is 0. The summed E-state index contributed by atoms with van der Waals surface area (Å²) in [6.07, 6.45) is 4.55. The zero-order valence-electron chi connectivity index (χ0n) is 11.7. The maximum absolute atomic E-state index is 12.1. The van der Waals surface area contributed by atoms with Gasteiger partial charge in [0.1, 0.15) is 10.2 Å². The fourth-order valence-corrected chi connectivity index (χ4v) is 3.24. The van der Waals surface area contributed by atoms with Gasteiger partial charge in [-0.25, -0.2) is 9.97 Å². The van der Waals surface area contributed by atoms with Crippen LogP contribution in [0.1, 0.15) is 37.3 Å². The second-order valence-corrected chi connectivity index (χ2v) is 5.95. The fraction of sp³-hybridized carbons (Fsp3) is 0.400. The van der Waals surface area contributed by atoms with E-state index in [4.69, 9.17) is 4.74 Å². The van der Waals surface area contributed by atoms with Gasteiger partial charge in [0, 0.05) is 12.0 Å². The van der Waals surface area contributed by atoms with E-state index >= 15 is 0 Å². The molecule has 0 atom stereocenters. The number of halogens is 1. The number of aromatic amines is 1. The van der Waals surface area contributed by atoms with E-state index in [0.717, 1.165) is 18.5 Å². The van der Waals surface area contributed by atoms with Gasteiger partial charge in [0.2, 0.25) is 5.88 Å². The van der Waals surface area contributed by atoms with Crippen molar-refractivity contribution in [2.24, 2.45) is 0 Å². The lowest BCUT2D eigenvalue weighted by Crippen LogP contribution is -2.15. The number of nitrogens with one attached hydrogen (secondary N) is 1. The standard InChI is InChI=1S/C15H16BrN3O2/c1-21-11-8-4-7-10(17-11)14-18-13(9-5-2-3-6-9)12(16)15(20)19-14/h4,7-9H,2-3,5-6H2,1H3,(H,18,19,20). The molecule has 0 unspecified atom stereocenters. The molecule has 5 nitrogen and oxygen atoms in total. The number of hydrogen-bond acceptors (Lipinski definition) is 4. The van der Waals surface area contributed by atoms with Crippen molar-refractivity contribution >= 4 is 15.9 Å². The second kappa shape index (κ2) is 5.97. The van der Waals surface area contributed by atoms with Crippen molar-refractivity contribution in [3.05, 3.63) is 38.7 Å². The molecule has 6 heteroatoms. The Bertz CT molecular complexity index is 708. The summed E-state index contributed by atoms with van der Waals surface area (Å²) in [4.78, 5) is 23.9. The number of pyridine rings is 1. The summed E-state index contributed by atoms with van der Waals surface area (Å²) in [5.74, 6) is 1.34. The quantitative estimate of drug-likeness (QED) is 0.923. The van der Waals surface area contributed by atoms with Gasteiger partial charge < -0.3 is 9.72 Å². The second-order valence-electron chi connectivity index (χ2n) is 5.16. The minimum atomic E-state index is -0.161. The third-order valence-electron chi connectivity index (χ3n) is 3.81. The Labute approximate surface area is 130 Å². The van der Waals surface area contributed by atoms with Crippen molar-refractivity contribution in [1.29, 1.82) is 0 Å². The molecule has 21 heavy (non-hydrogen) atoms. The van der Waals surface area contributed by atoms with E-state index in [9.17, 15) is 4.79 Å². The number of H-pyrrole nitrogens is 1. The van der Waals surface area contributed by atoms with Crippen LogP contribution in [0.2, 0.25) is 0 Å². The van der Waals surface area contributed by atoms with Crippen molar-refractivity contribution in [3.63, 3.8) is 0 Å². The van der Waals surface area contributed by atoms with E-state index in [1.807, 2.05) is 12.1 Å². The Kier molecular flexibility index (Phi) is 4.05. The first-order valence-corrected chi connectivity index (χ1v) is 7.79. The van der Waals surface area contributed by atoms with Crippen LogP contribution in [-0.2, 0) is 0 Å². The molecule has 0 radical (unpaired) electrons. The van der Waals surface area contributed by atoms with Crippen molar-refractivity contribution in [1.82, 2.24) is 15.0 Å². The molecular weight excluding hydrogens is 334 g/mol. The van der Waals surface area contributed by atoms with Gasteiger partial charge in [-0.2, -0.15) is 0 Å². The molecule has 0 spiro atoms. The molecule has 110 valence electrons. The molecule has 1 fully saturated rings. The molecule has 0 amide bonds. The maximum Gasteiger partial charge on any atom is 0.265 e. The molecule has 0 bridgehead atoms. The van der Waals surface area contributed by atoms with Crippen LogP contribution in [0.3, 0.4) is 0 Å². The van der Waals surface area contributed by atoms with Crippen LogP contribution in [0.4, 0.5) is 0 Å². The van der Waals surface area contributed by atoms with E-state index in [1.165, 1.54) is 12.8 Å². The molecular formula is C15H16BrN3O2. The summed E-state index contributed by atoms with van der Waals surface area (Å²) in [6, 6.07) is 5.41. The topological polar surface area (TPSA) is 67.9 Å². The monoisotopic (exact) mass is 349 g/mol. The predicted molar refractivity (Wildman–Crippen MR) is 83.5 cm³/mol. The van der Waals surface area contributed by atoms with Gasteiger partial charge in [0.05, 0.1) is 12.8 Å². The molecule has 0 saturated heterocycles. The highest BCUT2D eigenvalue weighted by Gasteiger charge is 2.23. The summed E-state index contributed by atoms with van der Waals surface area (Å²) in [7, 11) is 1.56. The van der Waals surface area contributed by atoms with Crippen LogP contribution in [0.15, 0.2) is 27.5 Å². The third kappa shape index (κ3) is 2.85. The van der Waals surface area contributed by atoms with Crippen LogP contribution >= 0.6 is 15.9 Å². The van der Waals surface area contributed by atoms with Gasteiger partial charge in [0.25, 0.3) is 5.56 Å². The molecule has 1 saturated carbocycles. The summed E-state index contributed by atoms with van der Waals surface area (Å²) >= 11 is 3.37. The van der Waals surface area contributed by atoms with Crippen molar-refractivity contribution in [2.45, 2.75) is 31.6 Å². The molecule has 1 aliphatic carbocycles. The maximum atomic E-state index is 12.1. The average molecular weight is 350 g/mol. The molecule has 0 aliphatic heterocycles. The largest absolute Gasteiger partial charge is 0.481 e. The molecule has 0 aromatic carbocycles. The van der Waals surface area contributed by atoms with E-state index in [2.05, 4.69) is 30.9 Å². The number of ether oxygens (including phenoxy) is 1. The van der Waals surface area contributed by atoms with Crippen molar-refractivity contribution in [2.75, 3.05) is 7.11 Å². The summed E-state index contributed by atoms with van der Waals surface area (Å²) in [5.41, 5.74) is 1.29. The Morgan fingerprint density at radius 2 is 2.05 bits per heavy atom. The van der Waals surface area contributed by atoms with E-state index in [0.29, 0.717) is 27.8 Å². The summed E-state index contributed by atoms with van der Waals surface area (Å²) < 4.78 is 5.66. The average Bonchev–Trinajstić information content (AvgIpc) is 3.04. The first-order chi connectivity index (χ1) is 10.2. The van der Waals surface area contributed by atoms with Crippen LogP contribution < -0.4 is 10.3 Å². The van der Waals surface area contributed by atoms with Crippen LogP contribution in [0.25, 0.3) is 11.5 Å². The molecule has 3 rings (SSSR count). The molecule has 1 N–H and O–H groups in total. The lowest BCUT2D eigenvalue weighted by Gasteiger charge is -2.12. The van der Waals surface area contributed by atoms with E-state index in [-0.39, 0.29) is 5.56 Å².